The summed E-state index contributed by atoms with van der Waals surface area (Å²) in [6, 6.07) is -0.0349. The number of nitrogens with one attached hydrogen (secondary N) is 1. The Morgan fingerprint density at radius 3 is 2.80 bits per heavy atom. The molecule has 0 saturated heterocycles. The molecule has 0 aliphatic heterocycles. The van der Waals surface area contributed by atoms with E-state index in [1.54, 1.807) is 17.8 Å². The van der Waals surface area contributed by atoms with Crippen LogP contribution in [-0.2, 0) is 0 Å². The smallest absolute Gasteiger partial charge is 0.224 e. The van der Waals surface area contributed by atoms with Crippen LogP contribution < -0.4 is 11.1 Å². The van der Waals surface area contributed by atoms with Crippen molar-refractivity contribution in [2.75, 3.05) is 17.7 Å². The summed E-state index contributed by atoms with van der Waals surface area (Å²) in [6.45, 7) is 1.45. The van der Waals surface area contributed by atoms with Gasteiger partial charge >= 0.3 is 0 Å². The van der Waals surface area contributed by atoms with Crippen molar-refractivity contribution in [3.63, 3.8) is 0 Å². The van der Waals surface area contributed by atoms with Crippen LogP contribution >= 0.6 is 0 Å². The summed E-state index contributed by atoms with van der Waals surface area (Å²) in [5, 5.41) is 34.6. The second-order valence-corrected chi connectivity index (χ2v) is 7.95. The van der Waals surface area contributed by atoms with Gasteiger partial charge in [-0.1, -0.05) is 0 Å². The Kier molecular flexibility index (Phi) is 2.81. The standard InChI is InChI=1S/C16H22N6O3/c1-15(25)10(8-4-16(8,5-23)13(15)24)22-6-18-9-11(19-7-2-3-7)20-14(17)21-12(9)22/h6-8,10,13,23-25H,2-5H2,1H3,(H3,17,19,20,21)/t8-,10-,13+,15+,16+/m1/s1. The van der Waals surface area contributed by atoms with E-state index in [1.165, 1.54) is 0 Å². The summed E-state index contributed by atoms with van der Waals surface area (Å²) in [4.78, 5) is 13.0. The van der Waals surface area contributed by atoms with Crippen molar-refractivity contribution in [1.29, 1.82) is 0 Å². The SMILES string of the molecule is C[C@]1(O)[C@H](n2cnc3c(NC4CC4)nc(N)nc32)[C@H]2C[C@@]2(CO)[C@H]1O. The van der Waals surface area contributed by atoms with Crippen LogP contribution in [0, 0.1) is 11.3 Å². The van der Waals surface area contributed by atoms with Crippen molar-refractivity contribution in [3.05, 3.63) is 6.33 Å². The van der Waals surface area contributed by atoms with Crippen LogP contribution in [0.25, 0.3) is 11.2 Å². The minimum Gasteiger partial charge on any atom is -0.396 e. The molecule has 9 nitrogen and oxygen atoms in total. The topological polar surface area (TPSA) is 142 Å². The number of aliphatic hydroxyl groups is 3. The molecule has 2 heterocycles. The van der Waals surface area contributed by atoms with E-state index in [-0.39, 0.29) is 18.5 Å². The predicted octanol–water partition coefficient (Wildman–Crippen LogP) is -0.352. The molecule has 0 spiro atoms. The number of rotatable bonds is 4. The number of nitrogens with two attached hydrogens (primary N) is 1. The van der Waals surface area contributed by atoms with Crippen LogP contribution in [0.3, 0.4) is 0 Å². The summed E-state index contributed by atoms with van der Waals surface area (Å²) in [5.74, 6) is 0.710. The molecule has 3 saturated carbocycles. The molecule has 0 aromatic carbocycles. The third kappa shape index (κ3) is 1.91. The molecule has 3 aliphatic carbocycles. The highest BCUT2D eigenvalue weighted by Crippen LogP contribution is 2.70. The fourth-order valence-corrected chi connectivity index (χ4v) is 4.64. The molecule has 9 heteroatoms. The van der Waals surface area contributed by atoms with Crippen molar-refractivity contribution >= 4 is 22.9 Å². The molecular formula is C16H22N6O3. The third-order valence-corrected chi connectivity index (χ3v) is 6.21. The normalized spacial score (nSPS) is 39.6. The number of imidazole rings is 1. The van der Waals surface area contributed by atoms with Crippen LogP contribution in [-0.4, -0.2) is 59.2 Å². The molecule has 2 aromatic heterocycles. The molecule has 0 amide bonds. The molecule has 0 unspecified atom stereocenters. The number of hydrogen-bond acceptors (Lipinski definition) is 8. The molecule has 25 heavy (non-hydrogen) atoms. The van der Waals surface area contributed by atoms with Crippen LogP contribution in [0.2, 0.25) is 0 Å². The summed E-state index contributed by atoms with van der Waals surface area (Å²) in [7, 11) is 0. The summed E-state index contributed by atoms with van der Waals surface area (Å²) in [6.07, 6.45) is 3.47. The molecule has 5 atom stereocenters. The molecule has 3 fully saturated rings. The monoisotopic (exact) mass is 346 g/mol. The van der Waals surface area contributed by atoms with Gasteiger partial charge in [0.05, 0.1) is 25.1 Å². The summed E-state index contributed by atoms with van der Waals surface area (Å²) in [5.41, 5.74) is 5.00. The van der Waals surface area contributed by atoms with Crippen LogP contribution in [0.15, 0.2) is 6.33 Å². The van der Waals surface area contributed by atoms with Crippen LogP contribution in [0.5, 0.6) is 0 Å². The Bertz CT molecular complexity index is 863. The predicted molar refractivity (Wildman–Crippen MR) is 89.7 cm³/mol. The number of hydrogen-bond donors (Lipinski definition) is 5. The van der Waals surface area contributed by atoms with E-state index in [2.05, 4.69) is 20.3 Å². The molecular weight excluding hydrogens is 324 g/mol. The molecule has 2 aromatic rings. The first-order valence-electron chi connectivity index (χ1n) is 8.66. The van der Waals surface area contributed by atoms with Gasteiger partial charge in [0.25, 0.3) is 0 Å². The van der Waals surface area contributed by atoms with Crippen LogP contribution in [0.4, 0.5) is 11.8 Å². The van der Waals surface area contributed by atoms with Gasteiger partial charge < -0.3 is 30.9 Å². The first-order chi connectivity index (χ1) is 11.9. The Labute approximate surface area is 143 Å². The number of anilines is 2. The lowest BCUT2D eigenvalue weighted by atomic mass is 9.89. The molecule has 5 rings (SSSR count). The Balaban J connectivity index is 1.63. The van der Waals surface area contributed by atoms with E-state index in [1.807, 2.05) is 0 Å². The largest absolute Gasteiger partial charge is 0.396 e. The van der Waals surface area contributed by atoms with Gasteiger partial charge in [-0.2, -0.15) is 9.97 Å². The number of nitrogen functional groups attached to an aromatic ring is 1. The van der Waals surface area contributed by atoms with Gasteiger partial charge in [0.15, 0.2) is 17.0 Å². The highest BCUT2D eigenvalue weighted by atomic mass is 16.3. The maximum absolute atomic E-state index is 10.9. The molecule has 0 bridgehead atoms. The maximum atomic E-state index is 10.9. The molecule has 3 aliphatic rings. The van der Waals surface area contributed by atoms with Gasteiger partial charge in [-0.05, 0) is 32.1 Å². The number of fused-ring (bicyclic) bond motifs is 2. The first kappa shape index (κ1) is 15.3. The lowest BCUT2D eigenvalue weighted by molar-refractivity contribution is -0.0997. The molecule has 6 N–H and O–H groups in total. The summed E-state index contributed by atoms with van der Waals surface area (Å²) < 4.78 is 1.78. The van der Waals surface area contributed by atoms with Gasteiger partial charge in [0.2, 0.25) is 5.95 Å². The second-order valence-electron chi connectivity index (χ2n) is 7.95. The van der Waals surface area contributed by atoms with Crippen molar-refractivity contribution in [2.45, 2.75) is 50.0 Å². The highest BCUT2D eigenvalue weighted by molar-refractivity contribution is 5.84. The van der Waals surface area contributed by atoms with E-state index in [9.17, 15) is 15.3 Å². The Hall–Kier alpha value is -1.97. The molecule has 0 radical (unpaired) electrons. The lowest BCUT2D eigenvalue weighted by Crippen LogP contribution is -2.46. The zero-order valence-electron chi connectivity index (χ0n) is 13.9. The molecule has 134 valence electrons. The first-order valence-corrected chi connectivity index (χ1v) is 8.66. The van der Waals surface area contributed by atoms with Gasteiger partial charge in [-0.3, -0.25) is 0 Å². The zero-order valence-corrected chi connectivity index (χ0v) is 13.9. The van der Waals surface area contributed by atoms with Gasteiger partial charge in [0.1, 0.15) is 5.60 Å². The Morgan fingerprint density at radius 1 is 1.40 bits per heavy atom. The Morgan fingerprint density at radius 2 is 2.16 bits per heavy atom. The minimum atomic E-state index is -1.39. The van der Waals surface area contributed by atoms with Gasteiger partial charge in [0, 0.05) is 11.5 Å². The number of aromatic nitrogens is 4. The fourth-order valence-electron chi connectivity index (χ4n) is 4.64. The quantitative estimate of drug-likeness (QED) is 0.505. The maximum Gasteiger partial charge on any atom is 0.224 e. The fraction of sp³-hybridized carbons (Fsp3) is 0.688. The van der Waals surface area contributed by atoms with E-state index >= 15 is 0 Å². The van der Waals surface area contributed by atoms with E-state index in [0.717, 1.165) is 12.8 Å². The van der Waals surface area contributed by atoms with Crippen molar-refractivity contribution < 1.29 is 15.3 Å². The number of aliphatic hydroxyl groups excluding tert-OH is 2. The van der Waals surface area contributed by atoms with E-state index in [4.69, 9.17) is 5.73 Å². The average molecular weight is 346 g/mol. The van der Waals surface area contributed by atoms with Crippen molar-refractivity contribution in [3.8, 4) is 0 Å². The lowest BCUT2D eigenvalue weighted by Gasteiger charge is -2.34. The third-order valence-electron chi connectivity index (χ3n) is 6.21. The van der Waals surface area contributed by atoms with Crippen LogP contribution in [0.1, 0.15) is 32.2 Å². The minimum absolute atomic E-state index is 0.0315. The second kappa shape index (κ2) is 4.60. The average Bonchev–Trinajstić information content (AvgIpc) is 3.45. The van der Waals surface area contributed by atoms with E-state index < -0.39 is 23.2 Å². The van der Waals surface area contributed by atoms with Crippen molar-refractivity contribution in [1.82, 2.24) is 19.5 Å². The van der Waals surface area contributed by atoms with Gasteiger partial charge in [-0.25, -0.2) is 4.98 Å². The zero-order chi connectivity index (χ0) is 17.6. The summed E-state index contributed by atoms with van der Waals surface area (Å²) >= 11 is 0. The van der Waals surface area contributed by atoms with Gasteiger partial charge in [-0.15, -0.1) is 0 Å². The highest BCUT2D eigenvalue weighted by Gasteiger charge is 2.75. The van der Waals surface area contributed by atoms with E-state index in [0.29, 0.717) is 29.4 Å². The number of nitrogens with zero attached hydrogens (tertiary/aromatic N) is 4. The van der Waals surface area contributed by atoms with Crippen molar-refractivity contribution in [2.24, 2.45) is 11.3 Å².